The highest BCUT2D eigenvalue weighted by Gasteiger charge is 2.31. The topological polar surface area (TPSA) is 41.6 Å². The highest BCUT2D eigenvalue weighted by Crippen LogP contribution is 2.17. The van der Waals surface area contributed by atoms with Crippen LogP contribution in [-0.2, 0) is 16.1 Å². The van der Waals surface area contributed by atoms with Crippen LogP contribution in [0.4, 0.5) is 0 Å². The molecule has 1 fully saturated rings. The van der Waals surface area contributed by atoms with Crippen molar-refractivity contribution in [2.45, 2.75) is 31.4 Å². The Morgan fingerprint density at radius 1 is 1.39 bits per heavy atom. The van der Waals surface area contributed by atoms with Gasteiger partial charge >= 0.3 is 0 Å². The van der Waals surface area contributed by atoms with Crippen molar-refractivity contribution in [3.05, 3.63) is 35.9 Å². The predicted octanol–water partition coefficient (Wildman–Crippen LogP) is 1.37. The second-order valence-electron chi connectivity index (χ2n) is 4.90. The van der Waals surface area contributed by atoms with E-state index in [4.69, 9.17) is 4.84 Å². The Morgan fingerprint density at radius 2 is 2.11 bits per heavy atom. The van der Waals surface area contributed by atoms with E-state index in [0.717, 1.165) is 19.3 Å². The molecule has 0 spiro atoms. The smallest absolute Gasteiger partial charge is 0.241 e. The first-order chi connectivity index (χ1) is 8.66. The van der Waals surface area contributed by atoms with Crippen molar-refractivity contribution in [2.24, 2.45) is 0 Å². The molecule has 0 bridgehead atoms. The Hall–Kier alpha value is -1.39. The molecule has 98 valence electrons. The number of hydroxylamine groups is 1. The zero-order chi connectivity index (χ0) is 13.0. The quantitative estimate of drug-likeness (QED) is 0.875. The molecule has 18 heavy (non-hydrogen) atoms. The van der Waals surface area contributed by atoms with E-state index in [2.05, 4.69) is 17.6 Å². The lowest BCUT2D eigenvalue weighted by molar-refractivity contribution is -0.132. The molecular formula is C14H20N2O2. The van der Waals surface area contributed by atoms with Crippen molar-refractivity contribution in [3.63, 3.8) is 0 Å². The molecule has 1 aliphatic heterocycles. The molecule has 1 N–H and O–H groups in total. The Bertz CT molecular complexity index is 392. The van der Waals surface area contributed by atoms with Crippen LogP contribution in [0, 0.1) is 0 Å². The van der Waals surface area contributed by atoms with Crippen LogP contribution in [-0.4, -0.2) is 37.0 Å². The summed E-state index contributed by atoms with van der Waals surface area (Å²) in [6.07, 6.45) is 2.80. The van der Waals surface area contributed by atoms with Crippen molar-refractivity contribution in [1.82, 2.24) is 10.4 Å². The van der Waals surface area contributed by atoms with Crippen LogP contribution in [0.1, 0.15) is 18.4 Å². The van der Waals surface area contributed by atoms with Crippen molar-refractivity contribution in [2.75, 3.05) is 14.1 Å². The second kappa shape index (κ2) is 5.98. The fourth-order valence-electron chi connectivity index (χ4n) is 2.15. The molecule has 1 aromatic rings. The van der Waals surface area contributed by atoms with Crippen LogP contribution in [0.15, 0.2) is 30.3 Å². The molecular weight excluding hydrogens is 228 g/mol. The minimum absolute atomic E-state index is 0.0808. The molecule has 1 aromatic carbocycles. The Balaban J connectivity index is 1.78. The molecule has 1 saturated heterocycles. The fourth-order valence-corrected chi connectivity index (χ4v) is 2.15. The number of hydrogen-bond donors (Lipinski definition) is 1. The molecule has 4 heteroatoms. The number of hydrogen-bond acceptors (Lipinski definition) is 3. The van der Waals surface area contributed by atoms with Gasteiger partial charge in [0.1, 0.15) is 6.04 Å². The molecule has 0 aromatic heterocycles. The van der Waals surface area contributed by atoms with Gasteiger partial charge in [-0.15, -0.1) is 0 Å². The lowest BCUT2D eigenvalue weighted by atomic mass is 10.0. The third kappa shape index (κ3) is 3.31. The van der Waals surface area contributed by atoms with Gasteiger partial charge in [-0.2, -0.15) is 5.48 Å². The van der Waals surface area contributed by atoms with Gasteiger partial charge < -0.3 is 4.90 Å². The highest BCUT2D eigenvalue weighted by molar-refractivity contribution is 5.81. The van der Waals surface area contributed by atoms with Gasteiger partial charge in [0, 0.05) is 20.5 Å². The number of nitrogens with zero attached hydrogens (tertiary/aromatic N) is 1. The molecule has 2 rings (SSSR count). The molecule has 0 aliphatic carbocycles. The minimum atomic E-state index is -0.194. The highest BCUT2D eigenvalue weighted by atomic mass is 16.7. The van der Waals surface area contributed by atoms with Crippen LogP contribution in [0.2, 0.25) is 0 Å². The van der Waals surface area contributed by atoms with Gasteiger partial charge in [-0.1, -0.05) is 30.3 Å². The largest absolute Gasteiger partial charge is 0.347 e. The maximum Gasteiger partial charge on any atom is 0.241 e. The third-order valence-electron chi connectivity index (χ3n) is 3.21. The van der Waals surface area contributed by atoms with E-state index in [1.807, 2.05) is 18.2 Å². The van der Waals surface area contributed by atoms with Crippen LogP contribution < -0.4 is 5.48 Å². The molecule has 1 amide bonds. The van der Waals surface area contributed by atoms with Gasteiger partial charge in [0.15, 0.2) is 0 Å². The molecule has 1 heterocycles. The molecule has 1 aliphatic rings. The summed E-state index contributed by atoms with van der Waals surface area (Å²) in [6.45, 7) is 0. The minimum Gasteiger partial charge on any atom is -0.347 e. The summed E-state index contributed by atoms with van der Waals surface area (Å²) in [5.41, 5.74) is 4.14. The van der Waals surface area contributed by atoms with Gasteiger partial charge in [0.25, 0.3) is 0 Å². The maximum atomic E-state index is 11.7. The van der Waals surface area contributed by atoms with Gasteiger partial charge in [-0.3, -0.25) is 9.63 Å². The molecule has 4 nitrogen and oxygen atoms in total. The summed E-state index contributed by atoms with van der Waals surface area (Å²) in [7, 11) is 3.53. The Labute approximate surface area is 108 Å². The van der Waals surface area contributed by atoms with Crippen LogP contribution >= 0.6 is 0 Å². The Morgan fingerprint density at radius 3 is 2.78 bits per heavy atom. The average Bonchev–Trinajstić information content (AvgIpc) is 2.85. The third-order valence-corrected chi connectivity index (χ3v) is 3.21. The number of likely N-dealkylation sites (N-methyl/N-ethyl adjacent to an activating group) is 1. The molecule has 2 atom stereocenters. The molecule has 0 saturated carbocycles. The number of aryl methyl sites for hydroxylation is 1. The average molecular weight is 248 g/mol. The summed E-state index contributed by atoms with van der Waals surface area (Å²) in [6, 6.07) is 10.1. The first-order valence-corrected chi connectivity index (χ1v) is 6.33. The van der Waals surface area contributed by atoms with Crippen LogP contribution in [0.5, 0.6) is 0 Å². The van der Waals surface area contributed by atoms with E-state index in [1.165, 1.54) is 5.56 Å². The van der Waals surface area contributed by atoms with Gasteiger partial charge in [-0.25, -0.2) is 0 Å². The van der Waals surface area contributed by atoms with E-state index in [0.29, 0.717) is 0 Å². The van der Waals surface area contributed by atoms with Crippen molar-refractivity contribution >= 4 is 5.91 Å². The van der Waals surface area contributed by atoms with E-state index in [9.17, 15) is 4.79 Å². The lowest BCUT2D eigenvalue weighted by Crippen LogP contribution is -2.39. The molecule has 2 unspecified atom stereocenters. The fraction of sp³-hybridized carbons (Fsp3) is 0.500. The summed E-state index contributed by atoms with van der Waals surface area (Å²) >= 11 is 0. The van der Waals surface area contributed by atoms with E-state index in [1.54, 1.807) is 19.0 Å². The number of benzene rings is 1. The van der Waals surface area contributed by atoms with Crippen LogP contribution in [0.3, 0.4) is 0 Å². The zero-order valence-electron chi connectivity index (χ0n) is 10.9. The summed E-state index contributed by atoms with van der Waals surface area (Å²) < 4.78 is 0. The predicted molar refractivity (Wildman–Crippen MR) is 69.9 cm³/mol. The monoisotopic (exact) mass is 248 g/mol. The van der Waals surface area contributed by atoms with Crippen molar-refractivity contribution in [3.8, 4) is 0 Å². The van der Waals surface area contributed by atoms with E-state index in [-0.39, 0.29) is 18.1 Å². The first kappa shape index (κ1) is 13.1. The molecule has 0 radical (unpaired) electrons. The standard InChI is InChI=1S/C14H20N2O2/c1-16(2)14(17)13-10-12(18-15-13)9-8-11-6-4-3-5-7-11/h3-7,12-13,15H,8-10H2,1-2H3. The van der Waals surface area contributed by atoms with Gasteiger partial charge in [-0.05, 0) is 18.4 Å². The number of nitrogens with one attached hydrogen (secondary N) is 1. The zero-order valence-corrected chi connectivity index (χ0v) is 10.9. The van der Waals surface area contributed by atoms with Gasteiger partial charge in [0.2, 0.25) is 5.91 Å². The number of carbonyl (C=O) groups is 1. The summed E-state index contributed by atoms with van der Waals surface area (Å²) in [4.78, 5) is 18.8. The number of carbonyl (C=O) groups excluding carboxylic acids is 1. The van der Waals surface area contributed by atoms with Crippen LogP contribution in [0.25, 0.3) is 0 Å². The van der Waals surface area contributed by atoms with Crippen molar-refractivity contribution < 1.29 is 9.63 Å². The normalized spacial score (nSPS) is 23.0. The lowest BCUT2D eigenvalue weighted by Gasteiger charge is -2.14. The van der Waals surface area contributed by atoms with E-state index < -0.39 is 0 Å². The van der Waals surface area contributed by atoms with Crippen molar-refractivity contribution in [1.29, 1.82) is 0 Å². The Kier molecular flexibility index (Phi) is 4.33. The number of amides is 1. The number of rotatable bonds is 4. The van der Waals surface area contributed by atoms with Gasteiger partial charge in [0.05, 0.1) is 6.10 Å². The maximum absolute atomic E-state index is 11.7. The SMILES string of the molecule is CN(C)C(=O)C1CC(CCc2ccccc2)ON1. The second-order valence-corrected chi connectivity index (χ2v) is 4.90. The summed E-state index contributed by atoms with van der Waals surface area (Å²) in [5, 5.41) is 0. The first-order valence-electron chi connectivity index (χ1n) is 6.33. The summed E-state index contributed by atoms with van der Waals surface area (Å²) in [5.74, 6) is 0.0808. The van der Waals surface area contributed by atoms with E-state index >= 15 is 0 Å².